The van der Waals surface area contributed by atoms with Crippen LogP contribution in [0, 0.1) is 0 Å². The molecule has 6 heteroatoms. The number of likely N-dealkylation sites (tertiary alicyclic amines) is 1. The van der Waals surface area contributed by atoms with E-state index in [-0.39, 0.29) is 17.0 Å². The Hall–Kier alpha value is -2.34. The van der Waals surface area contributed by atoms with Gasteiger partial charge in [0, 0.05) is 42.5 Å². The van der Waals surface area contributed by atoms with Crippen LogP contribution >= 0.6 is 15.9 Å². The van der Waals surface area contributed by atoms with Crippen molar-refractivity contribution < 1.29 is 9.63 Å². The first-order chi connectivity index (χ1) is 14.2. The fourth-order valence-electron chi connectivity index (χ4n) is 3.99. The molecule has 1 N–H and O–H groups in total. The van der Waals surface area contributed by atoms with Crippen LogP contribution in [0.3, 0.4) is 0 Å². The highest BCUT2D eigenvalue weighted by Gasteiger charge is 2.43. The van der Waals surface area contributed by atoms with Crippen LogP contribution in [0.1, 0.15) is 51.2 Å². The number of amides is 2. The third-order valence-corrected chi connectivity index (χ3v) is 6.45. The van der Waals surface area contributed by atoms with Gasteiger partial charge >= 0.3 is 6.03 Å². The lowest BCUT2D eigenvalue weighted by Crippen LogP contribution is -2.48. The monoisotopic (exact) mass is 469 g/mol. The number of nitrogens with one attached hydrogen (secondary N) is 1. The molecule has 2 aromatic carbocycles. The maximum absolute atomic E-state index is 12.6. The number of hydrogen-bond acceptors (Lipinski definition) is 3. The Balaban J connectivity index is 1.34. The number of benzene rings is 2. The maximum Gasteiger partial charge on any atom is 0.321 e. The van der Waals surface area contributed by atoms with E-state index in [1.165, 1.54) is 5.56 Å². The zero-order valence-corrected chi connectivity index (χ0v) is 19.3. The summed E-state index contributed by atoms with van der Waals surface area (Å²) < 4.78 is 0.942. The number of piperidine rings is 1. The molecular weight excluding hydrogens is 442 g/mol. The Labute approximate surface area is 186 Å². The van der Waals surface area contributed by atoms with E-state index >= 15 is 0 Å². The first-order valence-electron chi connectivity index (χ1n) is 10.4. The van der Waals surface area contributed by atoms with E-state index in [1.54, 1.807) is 0 Å². The lowest BCUT2D eigenvalue weighted by Gasteiger charge is -2.37. The number of rotatable bonds is 2. The summed E-state index contributed by atoms with van der Waals surface area (Å²) in [6, 6.07) is 16.2. The number of halogens is 1. The second-order valence-electron chi connectivity index (χ2n) is 9.24. The van der Waals surface area contributed by atoms with Gasteiger partial charge in [-0.1, -0.05) is 72.2 Å². The molecule has 1 saturated heterocycles. The third-order valence-electron chi connectivity index (χ3n) is 5.96. The van der Waals surface area contributed by atoms with E-state index in [9.17, 15) is 4.79 Å². The quantitative estimate of drug-likeness (QED) is 0.591. The Morgan fingerprint density at radius 2 is 1.83 bits per heavy atom. The highest BCUT2D eigenvalue weighted by Crippen LogP contribution is 2.36. The molecule has 0 bridgehead atoms. The summed E-state index contributed by atoms with van der Waals surface area (Å²) in [4.78, 5) is 20.4. The predicted octanol–water partition coefficient (Wildman–Crippen LogP) is 5.94. The molecule has 2 amide bonds. The summed E-state index contributed by atoms with van der Waals surface area (Å²) in [5, 5.41) is 7.39. The maximum atomic E-state index is 12.6. The van der Waals surface area contributed by atoms with Crippen LogP contribution in [-0.4, -0.2) is 35.3 Å². The molecule has 0 aromatic heterocycles. The Kier molecular flexibility index (Phi) is 5.62. The second kappa shape index (κ2) is 8.06. The molecule has 2 aromatic rings. The van der Waals surface area contributed by atoms with Crippen LogP contribution < -0.4 is 5.32 Å². The van der Waals surface area contributed by atoms with Gasteiger partial charge in [-0.15, -0.1) is 0 Å². The van der Waals surface area contributed by atoms with Gasteiger partial charge in [-0.25, -0.2) is 4.79 Å². The fraction of sp³-hybridized carbons (Fsp3) is 0.417. The zero-order valence-electron chi connectivity index (χ0n) is 17.7. The molecule has 158 valence electrons. The highest BCUT2D eigenvalue weighted by molar-refractivity contribution is 9.10. The topological polar surface area (TPSA) is 53.9 Å². The summed E-state index contributed by atoms with van der Waals surface area (Å²) in [6.07, 6.45) is 2.36. The molecule has 30 heavy (non-hydrogen) atoms. The third kappa shape index (κ3) is 4.53. The van der Waals surface area contributed by atoms with Gasteiger partial charge in [0.1, 0.15) is 5.60 Å². The van der Waals surface area contributed by atoms with Crippen molar-refractivity contribution in [3.05, 3.63) is 64.1 Å². The average molecular weight is 470 g/mol. The molecule has 0 atom stereocenters. The Morgan fingerprint density at radius 3 is 2.47 bits per heavy atom. The minimum atomic E-state index is -0.287. The van der Waals surface area contributed by atoms with Crippen LogP contribution in [-0.2, 0) is 10.3 Å². The van der Waals surface area contributed by atoms with E-state index < -0.39 is 0 Å². The normalized spacial score (nSPS) is 18.1. The standard InChI is InChI=1S/C24H28BrN3O2/c1-23(2,3)18-9-7-17(8-10-18)21-16-24(30-27-21)11-13-28(14-12-24)22(29)26-20-6-4-5-19(25)15-20/h4-10,15H,11-14,16H2,1-3H3,(H,26,29). The van der Waals surface area contributed by atoms with Gasteiger partial charge in [0.25, 0.3) is 0 Å². The van der Waals surface area contributed by atoms with Crippen molar-refractivity contribution in [1.82, 2.24) is 4.90 Å². The SMILES string of the molecule is CC(C)(C)c1ccc(C2=NOC3(CCN(C(=O)Nc4cccc(Br)c4)CC3)C2)cc1. The number of oxime groups is 1. The summed E-state index contributed by atoms with van der Waals surface area (Å²) in [5.41, 5.74) is 4.07. The van der Waals surface area contributed by atoms with Crippen molar-refractivity contribution in [3.8, 4) is 0 Å². The van der Waals surface area contributed by atoms with Gasteiger partial charge < -0.3 is 15.1 Å². The number of carbonyl (C=O) groups excluding carboxylic acids is 1. The van der Waals surface area contributed by atoms with E-state index in [4.69, 9.17) is 4.84 Å². The molecule has 0 radical (unpaired) electrons. The van der Waals surface area contributed by atoms with Crippen molar-refractivity contribution in [1.29, 1.82) is 0 Å². The van der Waals surface area contributed by atoms with Crippen molar-refractivity contribution in [2.75, 3.05) is 18.4 Å². The number of hydrogen-bond donors (Lipinski definition) is 1. The Bertz CT molecular complexity index is 955. The molecule has 5 nitrogen and oxygen atoms in total. The first-order valence-corrected chi connectivity index (χ1v) is 11.2. The molecule has 2 aliphatic rings. The molecule has 2 aliphatic heterocycles. The van der Waals surface area contributed by atoms with E-state index in [2.05, 4.69) is 71.4 Å². The largest absolute Gasteiger partial charge is 0.388 e. The van der Waals surface area contributed by atoms with Crippen LogP contribution in [0.2, 0.25) is 0 Å². The first kappa shape index (κ1) is 20.9. The van der Waals surface area contributed by atoms with Gasteiger partial charge in [-0.05, 0) is 34.7 Å². The van der Waals surface area contributed by atoms with Gasteiger partial charge in [0.2, 0.25) is 0 Å². The average Bonchev–Trinajstić information content (AvgIpc) is 3.11. The lowest BCUT2D eigenvalue weighted by atomic mass is 9.84. The van der Waals surface area contributed by atoms with Crippen LogP contribution in [0.15, 0.2) is 58.2 Å². The number of urea groups is 1. The lowest BCUT2D eigenvalue weighted by molar-refractivity contribution is -0.0544. The number of anilines is 1. The van der Waals surface area contributed by atoms with Crippen molar-refractivity contribution >= 4 is 33.4 Å². The van der Waals surface area contributed by atoms with Gasteiger partial charge in [0.05, 0.1) is 5.71 Å². The number of carbonyl (C=O) groups is 1. The molecular formula is C24H28BrN3O2. The molecule has 0 saturated carbocycles. The van der Waals surface area contributed by atoms with Crippen molar-refractivity contribution in [3.63, 3.8) is 0 Å². The minimum absolute atomic E-state index is 0.0696. The smallest absolute Gasteiger partial charge is 0.321 e. The summed E-state index contributed by atoms with van der Waals surface area (Å²) in [5.74, 6) is 0. The predicted molar refractivity (Wildman–Crippen MR) is 124 cm³/mol. The Morgan fingerprint density at radius 1 is 1.13 bits per heavy atom. The number of nitrogens with zero attached hydrogens (tertiary/aromatic N) is 2. The van der Waals surface area contributed by atoms with Crippen LogP contribution in [0.25, 0.3) is 0 Å². The summed E-state index contributed by atoms with van der Waals surface area (Å²) in [6.45, 7) is 7.96. The van der Waals surface area contributed by atoms with E-state index in [1.807, 2.05) is 29.2 Å². The molecule has 0 unspecified atom stereocenters. The second-order valence-corrected chi connectivity index (χ2v) is 10.2. The molecule has 4 rings (SSSR count). The molecule has 0 aliphatic carbocycles. The van der Waals surface area contributed by atoms with E-state index in [0.717, 1.165) is 40.7 Å². The summed E-state index contributed by atoms with van der Waals surface area (Å²) >= 11 is 3.43. The van der Waals surface area contributed by atoms with Gasteiger partial charge in [-0.2, -0.15) is 0 Å². The highest BCUT2D eigenvalue weighted by atomic mass is 79.9. The van der Waals surface area contributed by atoms with Crippen molar-refractivity contribution in [2.24, 2.45) is 5.16 Å². The molecule has 1 spiro atoms. The zero-order chi connectivity index (χ0) is 21.4. The van der Waals surface area contributed by atoms with Gasteiger partial charge in [-0.3, -0.25) is 0 Å². The van der Waals surface area contributed by atoms with Gasteiger partial charge in [0.15, 0.2) is 0 Å². The van der Waals surface area contributed by atoms with E-state index in [0.29, 0.717) is 13.1 Å². The molecule has 1 fully saturated rings. The summed E-state index contributed by atoms with van der Waals surface area (Å²) in [7, 11) is 0. The minimum Gasteiger partial charge on any atom is -0.388 e. The van der Waals surface area contributed by atoms with Crippen molar-refractivity contribution in [2.45, 2.75) is 51.0 Å². The van der Waals surface area contributed by atoms with Crippen LogP contribution in [0.4, 0.5) is 10.5 Å². The fourth-order valence-corrected chi connectivity index (χ4v) is 4.39. The van der Waals surface area contributed by atoms with Crippen LogP contribution in [0.5, 0.6) is 0 Å². The molecule has 2 heterocycles.